The van der Waals surface area contributed by atoms with Gasteiger partial charge in [0.15, 0.2) is 0 Å². The van der Waals surface area contributed by atoms with Crippen molar-refractivity contribution in [2.24, 2.45) is 0 Å². The molecule has 1 heterocycles. The average Bonchev–Trinajstić information content (AvgIpc) is 2.33. The van der Waals surface area contributed by atoms with Gasteiger partial charge in [-0.3, -0.25) is 4.79 Å². The van der Waals surface area contributed by atoms with Gasteiger partial charge in [-0.05, 0) is 43.5 Å². The fraction of sp³-hybridized carbons (Fsp3) is 0.462. The summed E-state index contributed by atoms with van der Waals surface area (Å²) in [7, 11) is 0. The van der Waals surface area contributed by atoms with E-state index in [1.54, 1.807) is 0 Å². The van der Waals surface area contributed by atoms with Crippen LogP contribution in [-0.4, -0.2) is 35.1 Å². The summed E-state index contributed by atoms with van der Waals surface area (Å²) in [5.41, 5.74) is 1.79. The smallest absolute Gasteiger partial charge is 0.253 e. The second kappa shape index (κ2) is 5.19. The summed E-state index contributed by atoms with van der Waals surface area (Å²) in [6, 6.07) is 5.64. The quantitative estimate of drug-likeness (QED) is 0.864. The minimum Gasteiger partial charge on any atom is -0.393 e. The van der Waals surface area contributed by atoms with Crippen LogP contribution in [0.5, 0.6) is 0 Å². The van der Waals surface area contributed by atoms with Crippen LogP contribution >= 0.6 is 15.9 Å². The molecule has 1 aromatic carbocycles. The number of likely N-dealkylation sites (tertiary alicyclic amines) is 1. The highest BCUT2D eigenvalue weighted by molar-refractivity contribution is 9.10. The average molecular weight is 298 g/mol. The Morgan fingerprint density at radius 2 is 2.06 bits per heavy atom. The predicted molar refractivity (Wildman–Crippen MR) is 70.0 cm³/mol. The summed E-state index contributed by atoms with van der Waals surface area (Å²) in [5, 5.41) is 9.42. The number of aliphatic hydroxyl groups excluding tert-OH is 1. The SMILES string of the molecule is Cc1cc(C(=O)N2CCC(O)CC2)ccc1Br. The number of aryl methyl sites for hydroxylation is 1. The molecule has 1 amide bonds. The Balaban J connectivity index is 2.11. The number of benzene rings is 1. The highest BCUT2D eigenvalue weighted by Gasteiger charge is 2.22. The van der Waals surface area contributed by atoms with Crippen molar-refractivity contribution in [3.8, 4) is 0 Å². The van der Waals surface area contributed by atoms with Crippen molar-refractivity contribution in [2.45, 2.75) is 25.9 Å². The van der Waals surface area contributed by atoms with Gasteiger partial charge in [-0.2, -0.15) is 0 Å². The molecule has 0 unspecified atom stereocenters. The largest absolute Gasteiger partial charge is 0.393 e. The molecule has 0 aromatic heterocycles. The molecular weight excluding hydrogens is 282 g/mol. The van der Waals surface area contributed by atoms with Crippen LogP contribution in [0.4, 0.5) is 0 Å². The molecule has 1 aromatic rings. The summed E-state index contributed by atoms with van der Waals surface area (Å²) in [4.78, 5) is 14.0. The van der Waals surface area contributed by atoms with Gasteiger partial charge in [-0.25, -0.2) is 0 Å². The fourth-order valence-corrected chi connectivity index (χ4v) is 2.28. The highest BCUT2D eigenvalue weighted by Crippen LogP contribution is 2.19. The van der Waals surface area contributed by atoms with Crippen LogP contribution in [-0.2, 0) is 0 Å². The molecule has 0 radical (unpaired) electrons. The number of piperidine rings is 1. The van der Waals surface area contributed by atoms with Crippen molar-refractivity contribution in [3.63, 3.8) is 0 Å². The van der Waals surface area contributed by atoms with E-state index >= 15 is 0 Å². The normalized spacial score (nSPS) is 17.2. The first kappa shape index (κ1) is 12.6. The van der Waals surface area contributed by atoms with Gasteiger partial charge in [0.2, 0.25) is 0 Å². The van der Waals surface area contributed by atoms with E-state index < -0.39 is 0 Å². The first-order valence-electron chi connectivity index (χ1n) is 5.81. The zero-order valence-electron chi connectivity index (χ0n) is 9.82. The van der Waals surface area contributed by atoms with E-state index in [1.807, 2.05) is 30.0 Å². The Morgan fingerprint density at radius 3 is 2.65 bits per heavy atom. The lowest BCUT2D eigenvalue weighted by molar-refractivity contribution is 0.0546. The molecule has 0 bridgehead atoms. The van der Waals surface area contributed by atoms with Crippen LogP contribution < -0.4 is 0 Å². The van der Waals surface area contributed by atoms with Gasteiger partial charge >= 0.3 is 0 Å². The third kappa shape index (κ3) is 2.87. The van der Waals surface area contributed by atoms with Gasteiger partial charge in [0.25, 0.3) is 5.91 Å². The molecule has 1 saturated heterocycles. The second-order valence-electron chi connectivity index (χ2n) is 4.49. The molecule has 0 spiro atoms. The number of aliphatic hydroxyl groups is 1. The molecule has 92 valence electrons. The van der Waals surface area contributed by atoms with Crippen LogP contribution in [0, 0.1) is 6.92 Å². The molecule has 0 atom stereocenters. The Morgan fingerprint density at radius 1 is 1.41 bits per heavy atom. The van der Waals surface area contributed by atoms with E-state index in [0.29, 0.717) is 25.9 Å². The highest BCUT2D eigenvalue weighted by atomic mass is 79.9. The van der Waals surface area contributed by atoms with Crippen molar-refractivity contribution in [2.75, 3.05) is 13.1 Å². The lowest BCUT2D eigenvalue weighted by Crippen LogP contribution is -2.40. The van der Waals surface area contributed by atoms with E-state index in [0.717, 1.165) is 15.6 Å². The predicted octanol–water partition coefficient (Wildman–Crippen LogP) is 2.35. The molecule has 1 fully saturated rings. The molecule has 1 aliphatic rings. The molecular formula is C13H16BrNO2. The van der Waals surface area contributed by atoms with E-state index in [4.69, 9.17) is 0 Å². The van der Waals surface area contributed by atoms with Gasteiger partial charge in [0.05, 0.1) is 6.10 Å². The number of rotatable bonds is 1. The first-order valence-corrected chi connectivity index (χ1v) is 6.60. The minimum absolute atomic E-state index is 0.0625. The molecule has 1 N–H and O–H groups in total. The number of amides is 1. The van der Waals surface area contributed by atoms with E-state index in [9.17, 15) is 9.90 Å². The van der Waals surface area contributed by atoms with E-state index in [2.05, 4.69) is 15.9 Å². The van der Waals surface area contributed by atoms with Gasteiger partial charge in [0.1, 0.15) is 0 Å². The van der Waals surface area contributed by atoms with Crippen molar-refractivity contribution < 1.29 is 9.90 Å². The molecule has 4 heteroatoms. The van der Waals surface area contributed by atoms with Gasteiger partial charge in [-0.15, -0.1) is 0 Å². The van der Waals surface area contributed by atoms with Crippen LogP contribution in [0.2, 0.25) is 0 Å². The molecule has 2 rings (SSSR count). The van der Waals surface area contributed by atoms with Crippen molar-refractivity contribution in [1.29, 1.82) is 0 Å². The molecule has 1 aliphatic heterocycles. The number of carbonyl (C=O) groups excluding carboxylic acids is 1. The van der Waals surface area contributed by atoms with E-state index in [-0.39, 0.29) is 12.0 Å². The summed E-state index contributed by atoms with van der Waals surface area (Å²) in [5.74, 6) is 0.0625. The fourth-order valence-electron chi connectivity index (χ4n) is 2.03. The molecule has 17 heavy (non-hydrogen) atoms. The van der Waals surface area contributed by atoms with E-state index in [1.165, 1.54) is 0 Å². The molecule has 3 nitrogen and oxygen atoms in total. The van der Waals surface area contributed by atoms with Crippen LogP contribution in [0.25, 0.3) is 0 Å². The zero-order valence-corrected chi connectivity index (χ0v) is 11.4. The van der Waals surface area contributed by atoms with Gasteiger partial charge in [-0.1, -0.05) is 15.9 Å². The Hall–Kier alpha value is -0.870. The summed E-state index contributed by atoms with van der Waals surface area (Å²) in [6.07, 6.45) is 1.12. The standard InChI is InChI=1S/C13H16BrNO2/c1-9-8-10(2-3-12(9)14)13(17)15-6-4-11(16)5-7-15/h2-3,8,11,16H,4-7H2,1H3. The number of halogens is 1. The lowest BCUT2D eigenvalue weighted by Gasteiger charge is -2.29. The minimum atomic E-state index is -0.245. The maximum atomic E-state index is 12.2. The summed E-state index contributed by atoms with van der Waals surface area (Å²) < 4.78 is 1.02. The topological polar surface area (TPSA) is 40.5 Å². The number of hydrogen-bond acceptors (Lipinski definition) is 2. The third-order valence-electron chi connectivity index (χ3n) is 3.16. The zero-order chi connectivity index (χ0) is 12.4. The second-order valence-corrected chi connectivity index (χ2v) is 5.34. The van der Waals surface area contributed by atoms with Crippen molar-refractivity contribution in [1.82, 2.24) is 4.90 Å². The third-order valence-corrected chi connectivity index (χ3v) is 4.05. The van der Waals surface area contributed by atoms with Crippen molar-refractivity contribution in [3.05, 3.63) is 33.8 Å². The Bertz CT molecular complexity index is 425. The maximum absolute atomic E-state index is 12.2. The number of hydrogen-bond donors (Lipinski definition) is 1. The lowest BCUT2D eigenvalue weighted by atomic mass is 10.1. The molecule has 0 saturated carbocycles. The summed E-state index contributed by atoms with van der Waals surface area (Å²) >= 11 is 3.42. The maximum Gasteiger partial charge on any atom is 0.253 e. The first-order chi connectivity index (χ1) is 8.08. The van der Waals surface area contributed by atoms with Crippen LogP contribution in [0.15, 0.2) is 22.7 Å². The summed E-state index contributed by atoms with van der Waals surface area (Å²) in [6.45, 7) is 3.27. The van der Waals surface area contributed by atoms with Crippen LogP contribution in [0.1, 0.15) is 28.8 Å². The van der Waals surface area contributed by atoms with Crippen molar-refractivity contribution >= 4 is 21.8 Å². The van der Waals surface area contributed by atoms with Gasteiger partial charge < -0.3 is 10.0 Å². The number of nitrogens with zero attached hydrogens (tertiary/aromatic N) is 1. The number of carbonyl (C=O) groups is 1. The Kier molecular flexibility index (Phi) is 3.84. The van der Waals surface area contributed by atoms with Crippen LogP contribution in [0.3, 0.4) is 0 Å². The Labute approximate surface area is 110 Å². The monoisotopic (exact) mass is 297 g/mol. The van der Waals surface area contributed by atoms with Gasteiger partial charge in [0, 0.05) is 23.1 Å². The molecule has 0 aliphatic carbocycles.